The quantitative estimate of drug-likeness (QED) is 0.677. The van der Waals surface area contributed by atoms with E-state index in [1.807, 2.05) is 25.2 Å². The fraction of sp³-hybridized carbons (Fsp3) is 0.636. The van der Waals surface area contributed by atoms with Crippen molar-refractivity contribution in [1.29, 1.82) is 0 Å². The van der Waals surface area contributed by atoms with Gasteiger partial charge < -0.3 is 9.84 Å². The van der Waals surface area contributed by atoms with E-state index < -0.39 is 0 Å². The van der Waals surface area contributed by atoms with Crippen LogP contribution in [0.3, 0.4) is 0 Å². The van der Waals surface area contributed by atoms with Crippen molar-refractivity contribution in [2.45, 2.75) is 38.9 Å². The van der Waals surface area contributed by atoms with Gasteiger partial charge in [-0.05, 0) is 32.3 Å². The van der Waals surface area contributed by atoms with E-state index in [-0.39, 0.29) is 12.7 Å². The van der Waals surface area contributed by atoms with Crippen LogP contribution < -0.4 is 0 Å². The summed E-state index contributed by atoms with van der Waals surface area (Å²) in [6.45, 7) is 4.13. The molecule has 0 radical (unpaired) electrons. The van der Waals surface area contributed by atoms with Gasteiger partial charge in [0.15, 0.2) is 0 Å². The topological polar surface area (TPSA) is 29.5 Å². The lowest BCUT2D eigenvalue weighted by molar-refractivity contribution is 0.0826. The summed E-state index contributed by atoms with van der Waals surface area (Å²) >= 11 is 0. The van der Waals surface area contributed by atoms with Gasteiger partial charge in [-0.15, -0.1) is 0 Å². The molecule has 74 valence electrons. The number of hydrogen-bond acceptors (Lipinski definition) is 2. The van der Waals surface area contributed by atoms with E-state index in [0.717, 1.165) is 18.4 Å². The van der Waals surface area contributed by atoms with E-state index in [0.29, 0.717) is 6.10 Å². The van der Waals surface area contributed by atoms with Crippen molar-refractivity contribution in [1.82, 2.24) is 0 Å². The first kappa shape index (κ1) is 10.5. The Morgan fingerprint density at radius 1 is 1.54 bits per heavy atom. The van der Waals surface area contributed by atoms with Crippen molar-refractivity contribution in [3.05, 3.63) is 23.8 Å². The summed E-state index contributed by atoms with van der Waals surface area (Å²) in [5.74, 6) is 0. The number of aliphatic hydroxyl groups excluding tert-OH is 1. The minimum atomic E-state index is 0.0958. The van der Waals surface area contributed by atoms with Crippen LogP contribution in [-0.2, 0) is 4.74 Å². The molecule has 1 heterocycles. The fourth-order valence-corrected chi connectivity index (χ4v) is 1.57. The van der Waals surface area contributed by atoms with Crippen LogP contribution in [0.1, 0.15) is 26.7 Å². The molecule has 0 spiro atoms. The molecule has 2 unspecified atom stereocenters. The van der Waals surface area contributed by atoms with Crippen molar-refractivity contribution >= 4 is 0 Å². The summed E-state index contributed by atoms with van der Waals surface area (Å²) in [6, 6.07) is 0. The van der Waals surface area contributed by atoms with E-state index in [1.165, 1.54) is 0 Å². The van der Waals surface area contributed by atoms with Gasteiger partial charge in [0.2, 0.25) is 0 Å². The molecule has 0 aromatic heterocycles. The maximum absolute atomic E-state index is 9.01. The maximum atomic E-state index is 9.01. The van der Waals surface area contributed by atoms with Crippen LogP contribution in [0.4, 0.5) is 0 Å². The Labute approximate surface area is 79.9 Å². The van der Waals surface area contributed by atoms with Crippen LogP contribution in [0.5, 0.6) is 0 Å². The molecule has 2 heteroatoms. The molecular formula is C11H18O2. The molecule has 0 amide bonds. The second kappa shape index (κ2) is 5.20. The van der Waals surface area contributed by atoms with E-state index in [1.54, 1.807) is 0 Å². The monoisotopic (exact) mass is 182 g/mol. The standard InChI is InChI=1S/C11H18O2/c1-3-4-10(8-12)7-11-6-5-9(2)13-11/h3-4,7,9,11-12H,5-6,8H2,1-2H3. The van der Waals surface area contributed by atoms with E-state index in [4.69, 9.17) is 9.84 Å². The molecule has 0 saturated carbocycles. The predicted octanol–water partition coefficient (Wildman–Crippen LogP) is 2.05. The van der Waals surface area contributed by atoms with E-state index >= 15 is 0 Å². The van der Waals surface area contributed by atoms with Gasteiger partial charge in [-0.3, -0.25) is 0 Å². The van der Waals surface area contributed by atoms with Gasteiger partial charge in [-0.2, -0.15) is 0 Å². The highest BCUT2D eigenvalue weighted by Gasteiger charge is 2.19. The Kier molecular flexibility index (Phi) is 4.19. The van der Waals surface area contributed by atoms with Gasteiger partial charge in [0.1, 0.15) is 0 Å². The smallest absolute Gasteiger partial charge is 0.0766 e. The predicted molar refractivity (Wildman–Crippen MR) is 53.6 cm³/mol. The van der Waals surface area contributed by atoms with Gasteiger partial charge in [0, 0.05) is 0 Å². The fourth-order valence-electron chi connectivity index (χ4n) is 1.57. The summed E-state index contributed by atoms with van der Waals surface area (Å²) in [5, 5.41) is 9.01. The molecule has 0 aromatic carbocycles. The Hall–Kier alpha value is -0.600. The number of ether oxygens (including phenoxy) is 1. The van der Waals surface area contributed by atoms with Crippen LogP contribution >= 0.6 is 0 Å². The molecule has 1 rings (SSSR count). The lowest BCUT2D eigenvalue weighted by atomic mass is 10.1. The first-order valence-corrected chi connectivity index (χ1v) is 4.86. The van der Waals surface area contributed by atoms with E-state index in [9.17, 15) is 0 Å². The van der Waals surface area contributed by atoms with Crippen LogP contribution in [0, 0.1) is 0 Å². The average Bonchev–Trinajstić information content (AvgIpc) is 2.50. The maximum Gasteiger partial charge on any atom is 0.0766 e. The third-order valence-electron chi connectivity index (χ3n) is 2.23. The zero-order valence-electron chi connectivity index (χ0n) is 8.36. The van der Waals surface area contributed by atoms with Crippen LogP contribution in [0.2, 0.25) is 0 Å². The lowest BCUT2D eigenvalue weighted by Crippen LogP contribution is -2.06. The van der Waals surface area contributed by atoms with Crippen molar-refractivity contribution in [2.24, 2.45) is 0 Å². The second-order valence-corrected chi connectivity index (χ2v) is 3.46. The molecule has 1 fully saturated rings. The van der Waals surface area contributed by atoms with Crippen molar-refractivity contribution in [3.8, 4) is 0 Å². The Balaban J connectivity index is 2.52. The summed E-state index contributed by atoms with van der Waals surface area (Å²) < 4.78 is 5.62. The molecule has 1 saturated heterocycles. The van der Waals surface area contributed by atoms with Crippen LogP contribution in [0.25, 0.3) is 0 Å². The van der Waals surface area contributed by atoms with E-state index in [2.05, 4.69) is 6.92 Å². The molecule has 0 bridgehead atoms. The molecule has 1 aliphatic rings. The highest BCUT2D eigenvalue weighted by molar-refractivity contribution is 5.20. The minimum absolute atomic E-state index is 0.0958. The normalized spacial score (nSPS) is 30.2. The molecule has 2 nitrogen and oxygen atoms in total. The SMILES string of the molecule is CC=CC(=CC1CCC(C)O1)CO. The zero-order valence-corrected chi connectivity index (χ0v) is 8.36. The van der Waals surface area contributed by atoms with Crippen molar-refractivity contribution < 1.29 is 9.84 Å². The highest BCUT2D eigenvalue weighted by Crippen LogP contribution is 2.21. The largest absolute Gasteiger partial charge is 0.392 e. The third kappa shape index (κ3) is 3.33. The van der Waals surface area contributed by atoms with Gasteiger partial charge in [-0.25, -0.2) is 0 Å². The third-order valence-corrected chi connectivity index (χ3v) is 2.23. The number of allylic oxidation sites excluding steroid dienone is 1. The molecule has 1 N–H and O–H groups in total. The van der Waals surface area contributed by atoms with Gasteiger partial charge in [0.25, 0.3) is 0 Å². The zero-order chi connectivity index (χ0) is 9.68. The number of hydrogen-bond donors (Lipinski definition) is 1. The summed E-state index contributed by atoms with van der Waals surface area (Å²) in [4.78, 5) is 0. The second-order valence-electron chi connectivity index (χ2n) is 3.46. The van der Waals surface area contributed by atoms with Crippen LogP contribution in [0.15, 0.2) is 23.8 Å². The molecule has 13 heavy (non-hydrogen) atoms. The lowest BCUT2D eigenvalue weighted by Gasteiger charge is -2.07. The highest BCUT2D eigenvalue weighted by atomic mass is 16.5. The summed E-state index contributed by atoms with van der Waals surface area (Å²) in [6.07, 6.45) is 8.63. The van der Waals surface area contributed by atoms with Gasteiger partial charge in [0.05, 0.1) is 18.8 Å². The van der Waals surface area contributed by atoms with Gasteiger partial charge in [-0.1, -0.05) is 18.2 Å². The molecule has 1 aliphatic heterocycles. The first-order valence-electron chi connectivity index (χ1n) is 4.86. The molecule has 0 aromatic rings. The first-order chi connectivity index (χ1) is 6.26. The molecular weight excluding hydrogens is 164 g/mol. The summed E-state index contributed by atoms with van der Waals surface area (Å²) in [7, 11) is 0. The minimum Gasteiger partial charge on any atom is -0.392 e. The Bertz CT molecular complexity index is 206. The average molecular weight is 182 g/mol. The summed E-state index contributed by atoms with van der Waals surface area (Å²) in [5.41, 5.74) is 0.946. The molecule has 2 atom stereocenters. The number of rotatable bonds is 3. The van der Waals surface area contributed by atoms with Crippen LogP contribution in [-0.4, -0.2) is 23.9 Å². The number of aliphatic hydroxyl groups is 1. The van der Waals surface area contributed by atoms with Crippen molar-refractivity contribution in [2.75, 3.05) is 6.61 Å². The van der Waals surface area contributed by atoms with Crippen molar-refractivity contribution in [3.63, 3.8) is 0 Å². The Morgan fingerprint density at radius 2 is 2.31 bits per heavy atom. The van der Waals surface area contributed by atoms with Gasteiger partial charge >= 0.3 is 0 Å². The molecule has 0 aliphatic carbocycles. The Morgan fingerprint density at radius 3 is 2.77 bits per heavy atom.